The fourth-order valence-corrected chi connectivity index (χ4v) is 2.96. The largest absolute Gasteiger partial charge is 0.328 e. The number of pyridine rings is 1. The van der Waals surface area contributed by atoms with E-state index in [1.54, 1.807) is 18.0 Å². The third-order valence-corrected chi connectivity index (χ3v) is 4.34. The van der Waals surface area contributed by atoms with Crippen molar-refractivity contribution in [1.29, 1.82) is 0 Å². The van der Waals surface area contributed by atoms with Gasteiger partial charge in [-0.15, -0.1) is 0 Å². The van der Waals surface area contributed by atoms with E-state index >= 15 is 0 Å². The molecule has 0 amide bonds. The second-order valence-electron chi connectivity index (χ2n) is 4.67. The summed E-state index contributed by atoms with van der Waals surface area (Å²) in [7, 11) is 0. The minimum absolute atomic E-state index is 0.183. The molecule has 2 nitrogen and oxygen atoms in total. The number of nitrogens with two attached hydrogens (primary N) is 1. The van der Waals surface area contributed by atoms with Gasteiger partial charge in [0, 0.05) is 17.1 Å². The smallest absolute Gasteiger partial charge is 0.119 e. The van der Waals surface area contributed by atoms with Crippen molar-refractivity contribution >= 4 is 23.4 Å². The van der Waals surface area contributed by atoms with Gasteiger partial charge in [0.15, 0.2) is 0 Å². The topological polar surface area (TPSA) is 38.9 Å². The highest BCUT2D eigenvalue weighted by Crippen LogP contribution is 2.33. The molecule has 0 aliphatic rings. The number of nitrogens with zero attached hydrogens (tertiary/aromatic N) is 1. The molecule has 1 atom stereocenters. The van der Waals surface area contributed by atoms with Crippen LogP contribution in [0.4, 0.5) is 0 Å². The van der Waals surface area contributed by atoms with Crippen LogP contribution in [0.5, 0.6) is 0 Å². The number of halogens is 1. The Bertz CT molecular complexity index is 570. The molecule has 0 radical (unpaired) electrons. The first-order chi connectivity index (χ1) is 9.06. The Morgan fingerprint density at radius 2 is 2.16 bits per heavy atom. The fourth-order valence-electron chi connectivity index (χ4n) is 1.88. The van der Waals surface area contributed by atoms with E-state index < -0.39 is 0 Å². The van der Waals surface area contributed by atoms with E-state index in [2.05, 4.69) is 30.1 Å². The third kappa shape index (κ3) is 3.96. The van der Waals surface area contributed by atoms with Crippen LogP contribution in [-0.2, 0) is 6.42 Å². The molecule has 0 spiro atoms. The van der Waals surface area contributed by atoms with E-state index in [0.717, 1.165) is 11.4 Å². The van der Waals surface area contributed by atoms with Crippen LogP contribution in [0.2, 0.25) is 5.02 Å². The van der Waals surface area contributed by atoms with Gasteiger partial charge >= 0.3 is 0 Å². The standard InChI is InChI=1S/C15H17ClN2S/c1-10-8-12(9-11(2)17)5-6-14(10)19-15-13(16)4-3-7-18-15/h3-8,11H,9,17H2,1-2H3. The van der Waals surface area contributed by atoms with E-state index in [9.17, 15) is 0 Å². The molecule has 1 aromatic heterocycles. The van der Waals surface area contributed by atoms with Crippen LogP contribution in [0.15, 0.2) is 46.5 Å². The number of rotatable bonds is 4. The monoisotopic (exact) mass is 292 g/mol. The zero-order valence-corrected chi connectivity index (χ0v) is 12.6. The molecular formula is C15H17ClN2S. The van der Waals surface area contributed by atoms with E-state index in [1.165, 1.54) is 16.0 Å². The number of benzene rings is 1. The summed E-state index contributed by atoms with van der Waals surface area (Å²) in [5.41, 5.74) is 8.32. The molecule has 0 saturated heterocycles. The Labute approximate surface area is 123 Å². The van der Waals surface area contributed by atoms with Crippen molar-refractivity contribution in [1.82, 2.24) is 4.98 Å². The molecule has 0 aliphatic carbocycles. The lowest BCUT2D eigenvalue weighted by Crippen LogP contribution is -2.17. The van der Waals surface area contributed by atoms with Gasteiger partial charge in [-0.3, -0.25) is 0 Å². The van der Waals surface area contributed by atoms with Crippen molar-refractivity contribution in [2.45, 2.75) is 36.2 Å². The quantitative estimate of drug-likeness (QED) is 0.923. The van der Waals surface area contributed by atoms with Crippen LogP contribution in [0.3, 0.4) is 0 Å². The Morgan fingerprint density at radius 1 is 1.37 bits per heavy atom. The molecular weight excluding hydrogens is 276 g/mol. The zero-order chi connectivity index (χ0) is 13.8. The van der Waals surface area contributed by atoms with Gasteiger partial charge in [0.05, 0.1) is 5.02 Å². The van der Waals surface area contributed by atoms with E-state index in [4.69, 9.17) is 17.3 Å². The van der Waals surface area contributed by atoms with Gasteiger partial charge in [-0.1, -0.05) is 35.5 Å². The van der Waals surface area contributed by atoms with Crippen molar-refractivity contribution < 1.29 is 0 Å². The molecule has 19 heavy (non-hydrogen) atoms. The summed E-state index contributed by atoms with van der Waals surface area (Å²) in [4.78, 5) is 5.47. The summed E-state index contributed by atoms with van der Waals surface area (Å²) in [6.45, 7) is 4.12. The number of aromatic nitrogens is 1. The third-order valence-electron chi connectivity index (χ3n) is 2.73. The van der Waals surface area contributed by atoms with Gasteiger partial charge < -0.3 is 5.73 Å². The van der Waals surface area contributed by atoms with Crippen LogP contribution in [-0.4, -0.2) is 11.0 Å². The highest BCUT2D eigenvalue weighted by molar-refractivity contribution is 7.99. The van der Waals surface area contributed by atoms with Crippen molar-refractivity contribution in [3.8, 4) is 0 Å². The van der Waals surface area contributed by atoms with Crippen LogP contribution < -0.4 is 5.73 Å². The molecule has 1 heterocycles. The maximum absolute atomic E-state index is 6.13. The molecule has 4 heteroatoms. The Hall–Kier alpha value is -1.03. The summed E-state index contributed by atoms with van der Waals surface area (Å²) in [5.74, 6) is 0. The molecule has 2 N–H and O–H groups in total. The number of hydrogen-bond acceptors (Lipinski definition) is 3. The van der Waals surface area contributed by atoms with Crippen molar-refractivity contribution in [2.75, 3.05) is 0 Å². The molecule has 0 saturated carbocycles. The highest BCUT2D eigenvalue weighted by atomic mass is 35.5. The maximum atomic E-state index is 6.13. The average molecular weight is 293 g/mol. The Kier molecular flexibility index (Phi) is 4.86. The first-order valence-corrected chi connectivity index (χ1v) is 7.39. The summed E-state index contributed by atoms with van der Waals surface area (Å²) in [5, 5.41) is 1.53. The molecule has 0 fully saturated rings. The average Bonchev–Trinajstić information content (AvgIpc) is 2.34. The minimum Gasteiger partial charge on any atom is -0.328 e. The molecule has 1 unspecified atom stereocenters. The zero-order valence-electron chi connectivity index (χ0n) is 11.1. The van der Waals surface area contributed by atoms with E-state index in [0.29, 0.717) is 5.02 Å². The van der Waals surface area contributed by atoms with Gasteiger partial charge in [-0.2, -0.15) is 0 Å². The van der Waals surface area contributed by atoms with Crippen molar-refractivity contribution in [2.24, 2.45) is 5.73 Å². The molecule has 0 aliphatic heterocycles. The van der Waals surface area contributed by atoms with E-state index in [1.807, 2.05) is 19.1 Å². The summed E-state index contributed by atoms with van der Waals surface area (Å²) in [6.07, 6.45) is 2.66. The van der Waals surface area contributed by atoms with Crippen LogP contribution in [0.25, 0.3) is 0 Å². The predicted octanol–water partition coefficient (Wildman–Crippen LogP) is 4.08. The minimum atomic E-state index is 0.183. The van der Waals surface area contributed by atoms with Crippen LogP contribution in [0.1, 0.15) is 18.1 Å². The molecule has 1 aromatic carbocycles. The SMILES string of the molecule is Cc1cc(CC(C)N)ccc1Sc1ncccc1Cl. The normalized spacial score (nSPS) is 12.4. The van der Waals surface area contributed by atoms with Crippen LogP contribution in [0, 0.1) is 6.92 Å². The number of hydrogen-bond donors (Lipinski definition) is 1. The second kappa shape index (κ2) is 6.42. The van der Waals surface area contributed by atoms with Gasteiger partial charge in [-0.25, -0.2) is 4.98 Å². The Balaban J connectivity index is 2.20. The summed E-state index contributed by atoms with van der Waals surface area (Å²) < 4.78 is 0. The van der Waals surface area contributed by atoms with Gasteiger partial charge in [0.2, 0.25) is 0 Å². The molecule has 100 valence electrons. The van der Waals surface area contributed by atoms with Crippen molar-refractivity contribution in [3.63, 3.8) is 0 Å². The lowest BCUT2D eigenvalue weighted by atomic mass is 10.1. The van der Waals surface area contributed by atoms with Crippen LogP contribution >= 0.6 is 23.4 Å². The van der Waals surface area contributed by atoms with E-state index in [-0.39, 0.29) is 6.04 Å². The first-order valence-electron chi connectivity index (χ1n) is 6.19. The molecule has 0 bridgehead atoms. The molecule has 2 rings (SSSR count). The Morgan fingerprint density at radius 3 is 2.79 bits per heavy atom. The van der Waals surface area contributed by atoms with Crippen molar-refractivity contribution in [3.05, 3.63) is 52.7 Å². The lowest BCUT2D eigenvalue weighted by Gasteiger charge is -2.10. The fraction of sp³-hybridized carbons (Fsp3) is 0.267. The predicted molar refractivity (Wildman–Crippen MR) is 81.9 cm³/mol. The van der Waals surface area contributed by atoms with Gasteiger partial charge in [0.25, 0.3) is 0 Å². The second-order valence-corrected chi connectivity index (χ2v) is 6.11. The van der Waals surface area contributed by atoms with Gasteiger partial charge in [0.1, 0.15) is 5.03 Å². The summed E-state index contributed by atoms with van der Waals surface area (Å²) in [6, 6.07) is 10.3. The number of aryl methyl sites for hydroxylation is 1. The first kappa shape index (κ1) is 14.4. The van der Waals surface area contributed by atoms with Gasteiger partial charge in [-0.05, 0) is 49.6 Å². The lowest BCUT2D eigenvalue weighted by molar-refractivity contribution is 0.737. The maximum Gasteiger partial charge on any atom is 0.119 e. The summed E-state index contributed by atoms with van der Waals surface area (Å²) >= 11 is 7.72. The highest BCUT2D eigenvalue weighted by Gasteiger charge is 2.07. The molecule has 2 aromatic rings.